The first-order valence-electron chi connectivity index (χ1n) is 3.65. The molecule has 1 amide bonds. The molecule has 1 N–H and O–H groups in total. The molecule has 1 rings (SSSR count). The summed E-state index contributed by atoms with van der Waals surface area (Å²) >= 11 is 0. The van der Waals surface area contributed by atoms with E-state index in [4.69, 9.17) is 0 Å². The quantitative estimate of drug-likeness (QED) is 0.608. The van der Waals surface area contributed by atoms with Crippen LogP contribution in [0.25, 0.3) is 0 Å². The van der Waals surface area contributed by atoms with Gasteiger partial charge in [-0.05, 0) is 6.42 Å². The van der Waals surface area contributed by atoms with Gasteiger partial charge in [0.1, 0.15) is 0 Å². The molecular formula is C7H12N2O. The van der Waals surface area contributed by atoms with Gasteiger partial charge in [0.15, 0.2) is 0 Å². The zero-order valence-corrected chi connectivity index (χ0v) is 6.13. The van der Waals surface area contributed by atoms with Crippen LogP contribution in [-0.4, -0.2) is 12.1 Å². The second kappa shape index (κ2) is 3.34. The van der Waals surface area contributed by atoms with Crippen molar-refractivity contribution in [2.75, 3.05) is 0 Å². The van der Waals surface area contributed by atoms with Crippen molar-refractivity contribution in [3.8, 4) is 0 Å². The molecule has 0 aromatic rings. The molecule has 3 heteroatoms. The third kappa shape index (κ3) is 1.83. The minimum atomic E-state index is 0.0425. The Morgan fingerprint density at radius 1 is 1.90 bits per heavy atom. The van der Waals surface area contributed by atoms with Crippen LogP contribution in [0.5, 0.6) is 0 Å². The number of nitrogens with zero attached hydrogens (tertiary/aromatic N) is 1. The van der Waals surface area contributed by atoms with Crippen LogP contribution in [0.15, 0.2) is 5.10 Å². The third-order valence-electron chi connectivity index (χ3n) is 1.58. The van der Waals surface area contributed by atoms with Crippen LogP contribution in [0.4, 0.5) is 0 Å². The molecule has 0 saturated heterocycles. The molecule has 0 saturated carbocycles. The van der Waals surface area contributed by atoms with Crippen LogP contribution in [0.1, 0.15) is 26.2 Å². The highest BCUT2D eigenvalue weighted by atomic mass is 16.2. The molecule has 0 aromatic heterocycles. The molecule has 10 heavy (non-hydrogen) atoms. The summed E-state index contributed by atoms with van der Waals surface area (Å²) in [4.78, 5) is 10.7. The van der Waals surface area contributed by atoms with E-state index in [9.17, 15) is 4.79 Å². The highest BCUT2D eigenvalue weighted by molar-refractivity contribution is 5.83. The van der Waals surface area contributed by atoms with Gasteiger partial charge in [-0.3, -0.25) is 4.79 Å². The predicted molar refractivity (Wildman–Crippen MR) is 39.6 cm³/mol. The van der Waals surface area contributed by atoms with E-state index in [2.05, 4.69) is 17.5 Å². The molecule has 56 valence electrons. The van der Waals surface area contributed by atoms with E-state index in [1.807, 2.05) is 6.21 Å². The van der Waals surface area contributed by atoms with Crippen molar-refractivity contribution in [3.05, 3.63) is 0 Å². The number of hydrazone groups is 1. The predicted octanol–water partition coefficient (Wildman–Crippen LogP) is 0.908. The number of carbonyl (C=O) groups is 1. The Labute approximate surface area is 60.5 Å². The van der Waals surface area contributed by atoms with Gasteiger partial charge in [-0.25, -0.2) is 5.43 Å². The van der Waals surface area contributed by atoms with E-state index < -0.39 is 0 Å². The van der Waals surface area contributed by atoms with Crippen molar-refractivity contribution in [3.63, 3.8) is 0 Å². The Morgan fingerprint density at radius 2 is 2.70 bits per heavy atom. The monoisotopic (exact) mass is 140 g/mol. The van der Waals surface area contributed by atoms with E-state index in [1.54, 1.807) is 0 Å². The fourth-order valence-corrected chi connectivity index (χ4v) is 1.10. The summed E-state index contributed by atoms with van der Waals surface area (Å²) in [5.41, 5.74) is 2.40. The maximum atomic E-state index is 10.7. The van der Waals surface area contributed by atoms with Crippen molar-refractivity contribution in [1.82, 2.24) is 5.43 Å². The first kappa shape index (κ1) is 7.25. The maximum absolute atomic E-state index is 10.7. The summed E-state index contributed by atoms with van der Waals surface area (Å²) in [7, 11) is 0. The lowest BCUT2D eigenvalue weighted by Gasteiger charge is -2.13. The number of carbonyl (C=O) groups excluding carboxylic acids is 1. The number of hydrogen-bond donors (Lipinski definition) is 1. The number of nitrogens with one attached hydrogen (secondary N) is 1. The van der Waals surface area contributed by atoms with Crippen molar-refractivity contribution in [2.45, 2.75) is 26.2 Å². The third-order valence-corrected chi connectivity index (χ3v) is 1.58. The van der Waals surface area contributed by atoms with Gasteiger partial charge in [0.2, 0.25) is 5.91 Å². The SMILES string of the molecule is CCCC1C=NNC(=O)C1. The van der Waals surface area contributed by atoms with Gasteiger partial charge < -0.3 is 0 Å². The average Bonchev–Trinajstić information content (AvgIpc) is 1.88. The van der Waals surface area contributed by atoms with E-state index in [0.29, 0.717) is 12.3 Å². The van der Waals surface area contributed by atoms with Gasteiger partial charge in [-0.2, -0.15) is 5.10 Å². The molecule has 1 heterocycles. The van der Waals surface area contributed by atoms with E-state index in [0.717, 1.165) is 12.8 Å². The lowest BCUT2D eigenvalue weighted by atomic mass is 10.0. The molecule has 1 unspecified atom stereocenters. The molecule has 1 aliphatic heterocycles. The molecule has 3 nitrogen and oxygen atoms in total. The highest BCUT2D eigenvalue weighted by Crippen LogP contribution is 2.10. The summed E-state index contributed by atoms with van der Waals surface area (Å²) < 4.78 is 0. The zero-order chi connectivity index (χ0) is 7.40. The molecule has 0 aromatic carbocycles. The number of rotatable bonds is 2. The van der Waals surface area contributed by atoms with Crippen LogP contribution < -0.4 is 5.43 Å². The fraction of sp³-hybridized carbons (Fsp3) is 0.714. The largest absolute Gasteiger partial charge is 0.273 e. The van der Waals surface area contributed by atoms with Crippen LogP contribution >= 0.6 is 0 Å². The molecule has 0 aliphatic carbocycles. The lowest BCUT2D eigenvalue weighted by molar-refractivity contribution is -0.122. The Bertz CT molecular complexity index is 154. The molecule has 1 atom stereocenters. The van der Waals surface area contributed by atoms with Crippen molar-refractivity contribution < 1.29 is 4.79 Å². The van der Waals surface area contributed by atoms with Crippen molar-refractivity contribution in [1.29, 1.82) is 0 Å². The van der Waals surface area contributed by atoms with Crippen molar-refractivity contribution in [2.24, 2.45) is 11.0 Å². The average molecular weight is 140 g/mol. The molecule has 0 bridgehead atoms. The molecule has 0 fully saturated rings. The van der Waals surface area contributed by atoms with Gasteiger partial charge in [0.25, 0.3) is 0 Å². The fourth-order valence-electron chi connectivity index (χ4n) is 1.10. The summed E-state index contributed by atoms with van der Waals surface area (Å²) in [5, 5.41) is 3.73. The molecule has 1 aliphatic rings. The number of amides is 1. The Morgan fingerprint density at radius 3 is 3.30 bits per heavy atom. The van der Waals surface area contributed by atoms with E-state index in [-0.39, 0.29) is 5.91 Å². The van der Waals surface area contributed by atoms with Crippen LogP contribution in [0, 0.1) is 5.92 Å². The Balaban J connectivity index is 2.39. The van der Waals surface area contributed by atoms with Gasteiger partial charge in [0, 0.05) is 18.6 Å². The van der Waals surface area contributed by atoms with E-state index >= 15 is 0 Å². The smallest absolute Gasteiger partial charge is 0.240 e. The van der Waals surface area contributed by atoms with Gasteiger partial charge in [-0.1, -0.05) is 13.3 Å². The zero-order valence-electron chi connectivity index (χ0n) is 6.13. The van der Waals surface area contributed by atoms with E-state index in [1.165, 1.54) is 0 Å². The summed E-state index contributed by atoms with van der Waals surface area (Å²) in [6.45, 7) is 2.11. The highest BCUT2D eigenvalue weighted by Gasteiger charge is 2.13. The van der Waals surface area contributed by atoms with Gasteiger partial charge in [-0.15, -0.1) is 0 Å². The first-order chi connectivity index (χ1) is 4.83. The summed E-state index contributed by atoms with van der Waals surface area (Å²) in [5.74, 6) is 0.416. The Hall–Kier alpha value is -0.860. The Kier molecular flexibility index (Phi) is 2.42. The first-order valence-corrected chi connectivity index (χ1v) is 3.65. The topological polar surface area (TPSA) is 41.5 Å². The molecule has 0 radical (unpaired) electrons. The lowest BCUT2D eigenvalue weighted by Crippen LogP contribution is -2.26. The summed E-state index contributed by atoms with van der Waals surface area (Å²) in [6.07, 6.45) is 4.61. The number of hydrogen-bond acceptors (Lipinski definition) is 2. The summed E-state index contributed by atoms with van der Waals surface area (Å²) in [6, 6.07) is 0. The van der Waals surface area contributed by atoms with Gasteiger partial charge in [0.05, 0.1) is 0 Å². The van der Waals surface area contributed by atoms with Gasteiger partial charge >= 0.3 is 0 Å². The minimum absolute atomic E-state index is 0.0425. The second-order valence-electron chi connectivity index (χ2n) is 2.57. The van der Waals surface area contributed by atoms with Crippen LogP contribution in [0.2, 0.25) is 0 Å². The van der Waals surface area contributed by atoms with Crippen molar-refractivity contribution >= 4 is 12.1 Å². The standard InChI is InChI=1S/C7H12N2O/c1-2-3-6-4-7(10)9-8-5-6/h5-6H,2-4H2,1H3,(H,9,10). The molecular weight excluding hydrogens is 128 g/mol. The van der Waals surface area contributed by atoms with Crippen LogP contribution in [-0.2, 0) is 4.79 Å². The second-order valence-corrected chi connectivity index (χ2v) is 2.57. The maximum Gasteiger partial charge on any atom is 0.240 e. The minimum Gasteiger partial charge on any atom is -0.273 e. The molecule has 0 spiro atoms. The normalized spacial score (nSPS) is 24.5. The van der Waals surface area contributed by atoms with Crippen LogP contribution in [0.3, 0.4) is 0 Å².